The van der Waals surface area contributed by atoms with Crippen LogP contribution in [0.5, 0.6) is 0 Å². The molecule has 5 nitrogen and oxygen atoms in total. The lowest BCUT2D eigenvalue weighted by Gasteiger charge is -2.14. The zero-order chi connectivity index (χ0) is 19.9. The molecule has 3 rings (SSSR count). The molecule has 1 heterocycles. The molecule has 0 unspecified atom stereocenters. The summed E-state index contributed by atoms with van der Waals surface area (Å²) < 4.78 is 0. The molecule has 3 aromatic rings. The third kappa shape index (κ3) is 4.38. The zero-order valence-electron chi connectivity index (χ0n) is 16.0. The van der Waals surface area contributed by atoms with Gasteiger partial charge < -0.3 is 5.32 Å². The highest BCUT2D eigenvalue weighted by Gasteiger charge is 2.11. The number of benzene rings is 2. The van der Waals surface area contributed by atoms with Gasteiger partial charge >= 0.3 is 0 Å². The summed E-state index contributed by atoms with van der Waals surface area (Å²) in [5, 5.41) is 3.36. The van der Waals surface area contributed by atoms with E-state index in [-0.39, 0.29) is 5.78 Å². The Hall–Kier alpha value is -3.60. The van der Waals surface area contributed by atoms with Crippen LogP contribution >= 0.6 is 0 Å². The lowest BCUT2D eigenvalue weighted by atomic mass is 9.99. The lowest BCUT2D eigenvalue weighted by Crippen LogP contribution is -2.24. The van der Waals surface area contributed by atoms with Crippen molar-refractivity contribution in [2.45, 2.75) is 13.5 Å². The summed E-state index contributed by atoms with van der Waals surface area (Å²) in [6, 6.07) is 17.4. The van der Waals surface area contributed by atoms with E-state index in [1.54, 1.807) is 20.2 Å². The van der Waals surface area contributed by atoms with Crippen LogP contribution in [0.1, 0.15) is 28.4 Å². The fraction of sp³-hybridized carbons (Fsp3) is 0.130. The predicted molar refractivity (Wildman–Crippen MR) is 115 cm³/mol. The normalized spacial score (nSPS) is 11.1. The first-order valence-electron chi connectivity index (χ1n) is 8.94. The van der Waals surface area contributed by atoms with E-state index in [1.807, 2.05) is 60.8 Å². The van der Waals surface area contributed by atoms with Crippen LogP contribution in [0.15, 0.2) is 77.0 Å². The number of ketones is 1. The number of nitrogens with zero attached hydrogens (tertiary/aromatic N) is 3. The number of pyridine rings is 1. The number of aromatic nitrogens is 1. The SMILES string of the molecule is C=Nc1ccc(-c2ccc(C(C)=O)cc2)cc1C(=NC)NCc1cccnc1. The lowest BCUT2D eigenvalue weighted by molar-refractivity contribution is 0.101. The Bertz CT molecular complexity index is 1010. The summed E-state index contributed by atoms with van der Waals surface area (Å²) in [7, 11) is 1.74. The monoisotopic (exact) mass is 370 g/mol. The number of amidine groups is 1. The van der Waals surface area contributed by atoms with E-state index in [1.165, 1.54) is 0 Å². The molecule has 0 aliphatic carbocycles. The molecule has 0 atom stereocenters. The number of aliphatic imine (C=N–C) groups is 2. The van der Waals surface area contributed by atoms with E-state index in [0.29, 0.717) is 12.1 Å². The molecule has 2 aromatic carbocycles. The highest BCUT2D eigenvalue weighted by Crippen LogP contribution is 2.27. The van der Waals surface area contributed by atoms with Gasteiger partial charge in [-0.15, -0.1) is 0 Å². The quantitative estimate of drug-likeness (QED) is 0.396. The van der Waals surface area contributed by atoms with Crippen molar-refractivity contribution in [2.24, 2.45) is 9.98 Å². The van der Waals surface area contributed by atoms with Crippen molar-refractivity contribution >= 4 is 24.0 Å². The minimum absolute atomic E-state index is 0.0541. The molecule has 0 saturated carbocycles. The van der Waals surface area contributed by atoms with E-state index < -0.39 is 0 Å². The average molecular weight is 370 g/mol. The van der Waals surface area contributed by atoms with Crippen LogP contribution in [0.4, 0.5) is 5.69 Å². The topological polar surface area (TPSA) is 66.7 Å². The predicted octanol–water partition coefficient (Wildman–Crippen LogP) is 4.45. The second kappa shape index (κ2) is 8.86. The van der Waals surface area contributed by atoms with Crippen molar-refractivity contribution < 1.29 is 4.79 Å². The fourth-order valence-electron chi connectivity index (χ4n) is 2.92. The maximum Gasteiger partial charge on any atom is 0.159 e. The van der Waals surface area contributed by atoms with Gasteiger partial charge in [-0.25, -0.2) is 0 Å². The number of nitrogens with one attached hydrogen (secondary N) is 1. The van der Waals surface area contributed by atoms with Crippen LogP contribution in [0.2, 0.25) is 0 Å². The Balaban J connectivity index is 1.91. The molecule has 0 saturated heterocycles. The summed E-state index contributed by atoms with van der Waals surface area (Å²) >= 11 is 0. The molecule has 140 valence electrons. The molecule has 5 heteroatoms. The first-order valence-corrected chi connectivity index (χ1v) is 8.94. The standard InChI is InChI=1S/C23H22N4O/c1-16(28)18-6-8-19(9-7-18)20-10-11-22(24-2)21(13-20)23(25-3)27-15-17-5-4-12-26-14-17/h4-14H,2,15H2,1,3H3,(H,25,27). The number of carbonyl (C=O) groups is 1. The van der Waals surface area contributed by atoms with E-state index in [0.717, 1.165) is 33.8 Å². The van der Waals surface area contributed by atoms with Gasteiger partial charge in [0.25, 0.3) is 0 Å². The van der Waals surface area contributed by atoms with Gasteiger partial charge in [-0.05, 0) is 48.5 Å². The van der Waals surface area contributed by atoms with E-state index in [2.05, 4.69) is 27.0 Å². The van der Waals surface area contributed by atoms with Gasteiger partial charge in [0, 0.05) is 37.1 Å². The Morgan fingerprint density at radius 3 is 2.46 bits per heavy atom. The van der Waals surface area contributed by atoms with Crippen molar-refractivity contribution in [2.75, 3.05) is 7.05 Å². The summed E-state index contributed by atoms with van der Waals surface area (Å²) in [6.07, 6.45) is 3.57. The van der Waals surface area contributed by atoms with Crippen LogP contribution in [0.3, 0.4) is 0 Å². The summed E-state index contributed by atoms with van der Waals surface area (Å²) in [6.45, 7) is 5.85. The maximum absolute atomic E-state index is 11.5. The number of Topliss-reactive ketones (excluding diaryl/α,β-unsaturated/α-hetero) is 1. The van der Waals surface area contributed by atoms with Crippen LogP contribution in [0, 0.1) is 0 Å². The van der Waals surface area contributed by atoms with Crippen molar-refractivity contribution in [3.63, 3.8) is 0 Å². The van der Waals surface area contributed by atoms with Gasteiger partial charge in [-0.2, -0.15) is 0 Å². The minimum atomic E-state index is 0.0541. The van der Waals surface area contributed by atoms with E-state index >= 15 is 0 Å². The number of hydrogen-bond donors (Lipinski definition) is 1. The number of carbonyl (C=O) groups excluding carboxylic acids is 1. The molecular weight excluding hydrogens is 348 g/mol. The molecule has 0 radical (unpaired) electrons. The molecule has 0 aliphatic rings. The molecule has 0 bridgehead atoms. The summed E-state index contributed by atoms with van der Waals surface area (Å²) in [4.78, 5) is 24.2. The van der Waals surface area contributed by atoms with Crippen LogP contribution < -0.4 is 5.32 Å². The van der Waals surface area contributed by atoms with Gasteiger partial charge in [0.1, 0.15) is 5.84 Å². The van der Waals surface area contributed by atoms with Crippen molar-refractivity contribution in [3.05, 3.63) is 83.7 Å². The smallest absolute Gasteiger partial charge is 0.159 e. The number of rotatable bonds is 6. The summed E-state index contributed by atoms with van der Waals surface area (Å²) in [5.74, 6) is 0.784. The van der Waals surface area contributed by atoms with Gasteiger partial charge in [0.2, 0.25) is 0 Å². The van der Waals surface area contributed by atoms with E-state index in [4.69, 9.17) is 0 Å². The third-order valence-electron chi connectivity index (χ3n) is 4.45. The maximum atomic E-state index is 11.5. The van der Waals surface area contributed by atoms with Gasteiger partial charge in [0.05, 0.1) is 5.69 Å². The molecule has 1 aromatic heterocycles. The molecule has 0 spiro atoms. The third-order valence-corrected chi connectivity index (χ3v) is 4.45. The van der Waals surface area contributed by atoms with Gasteiger partial charge in [0.15, 0.2) is 5.78 Å². The zero-order valence-corrected chi connectivity index (χ0v) is 16.0. The minimum Gasteiger partial charge on any atom is -0.366 e. The van der Waals surface area contributed by atoms with Crippen molar-refractivity contribution in [1.29, 1.82) is 0 Å². The van der Waals surface area contributed by atoms with E-state index in [9.17, 15) is 4.79 Å². The molecule has 0 fully saturated rings. The molecule has 0 amide bonds. The molecule has 1 N–H and O–H groups in total. The van der Waals surface area contributed by atoms with Gasteiger partial charge in [-0.1, -0.05) is 36.4 Å². The molecular formula is C23H22N4O. The highest BCUT2D eigenvalue weighted by atomic mass is 16.1. The molecule has 28 heavy (non-hydrogen) atoms. The number of hydrogen-bond acceptors (Lipinski definition) is 4. The highest BCUT2D eigenvalue weighted by molar-refractivity contribution is 6.04. The Morgan fingerprint density at radius 1 is 1.11 bits per heavy atom. The Morgan fingerprint density at radius 2 is 1.86 bits per heavy atom. The summed E-state index contributed by atoms with van der Waals surface area (Å²) in [5.41, 5.74) is 5.42. The second-order valence-corrected chi connectivity index (χ2v) is 6.31. The van der Waals surface area contributed by atoms with Crippen LogP contribution in [-0.2, 0) is 6.54 Å². The Kier molecular flexibility index (Phi) is 6.07. The van der Waals surface area contributed by atoms with Gasteiger partial charge in [-0.3, -0.25) is 19.8 Å². The van der Waals surface area contributed by atoms with Crippen LogP contribution in [-0.4, -0.2) is 30.4 Å². The average Bonchev–Trinajstić information content (AvgIpc) is 2.75. The first kappa shape index (κ1) is 19.2. The first-order chi connectivity index (χ1) is 13.6. The van der Waals surface area contributed by atoms with Crippen LogP contribution in [0.25, 0.3) is 11.1 Å². The largest absolute Gasteiger partial charge is 0.366 e. The fourth-order valence-corrected chi connectivity index (χ4v) is 2.92. The van der Waals surface area contributed by atoms with Crippen molar-refractivity contribution in [3.8, 4) is 11.1 Å². The molecule has 0 aliphatic heterocycles. The van der Waals surface area contributed by atoms with Crippen molar-refractivity contribution in [1.82, 2.24) is 10.3 Å². The Labute approximate surface area is 164 Å². The second-order valence-electron chi connectivity index (χ2n) is 6.31.